The van der Waals surface area contributed by atoms with E-state index in [4.69, 9.17) is 4.74 Å². The van der Waals surface area contributed by atoms with Crippen molar-refractivity contribution in [3.63, 3.8) is 0 Å². The number of ether oxygens (including phenoxy) is 1. The van der Waals surface area contributed by atoms with Crippen LogP contribution < -0.4 is 10.1 Å². The summed E-state index contributed by atoms with van der Waals surface area (Å²) in [7, 11) is 1.55. The molecule has 0 saturated carbocycles. The van der Waals surface area contributed by atoms with Crippen LogP contribution in [0.5, 0.6) is 5.75 Å². The number of rotatable bonds is 1. The molecule has 2 nitrogen and oxygen atoms in total. The Bertz CT molecular complexity index is 312. The fraction of sp³-hybridized carbons (Fsp3) is 0.333. The number of benzene rings is 1. The molecule has 0 fully saturated rings. The van der Waals surface area contributed by atoms with Crippen molar-refractivity contribution in [2.45, 2.75) is 6.42 Å². The molecule has 2 rings (SSSR count). The van der Waals surface area contributed by atoms with Gasteiger partial charge in [-0.2, -0.15) is 0 Å². The van der Waals surface area contributed by atoms with Crippen LogP contribution in [0.4, 0.5) is 10.1 Å². The van der Waals surface area contributed by atoms with E-state index in [1.54, 1.807) is 7.11 Å². The number of hydrogen-bond donors (Lipinski definition) is 1. The Kier molecular flexibility index (Phi) is 1.64. The van der Waals surface area contributed by atoms with Gasteiger partial charge in [0.05, 0.1) is 12.8 Å². The van der Waals surface area contributed by atoms with E-state index in [1.165, 1.54) is 6.07 Å². The van der Waals surface area contributed by atoms with Crippen molar-refractivity contribution in [1.82, 2.24) is 0 Å². The van der Waals surface area contributed by atoms with E-state index in [0.717, 1.165) is 18.5 Å². The van der Waals surface area contributed by atoms with Gasteiger partial charge in [-0.05, 0) is 18.1 Å². The zero-order chi connectivity index (χ0) is 8.55. The van der Waals surface area contributed by atoms with E-state index in [2.05, 4.69) is 5.32 Å². The van der Waals surface area contributed by atoms with Crippen LogP contribution in [0.15, 0.2) is 12.1 Å². The fourth-order valence-corrected chi connectivity index (χ4v) is 1.47. The molecule has 0 radical (unpaired) electrons. The monoisotopic (exact) mass is 167 g/mol. The second kappa shape index (κ2) is 2.66. The first-order valence-electron chi connectivity index (χ1n) is 3.91. The highest BCUT2D eigenvalue weighted by atomic mass is 19.1. The summed E-state index contributed by atoms with van der Waals surface area (Å²) in [4.78, 5) is 0. The fourth-order valence-electron chi connectivity index (χ4n) is 1.47. The molecule has 0 saturated heterocycles. The van der Waals surface area contributed by atoms with Crippen LogP contribution in [0.2, 0.25) is 0 Å². The lowest BCUT2D eigenvalue weighted by molar-refractivity contribution is 0.411. The van der Waals surface area contributed by atoms with Crippen LogP contribution in [0.3, 0.4) is 0 Å². The molecule has 1 N–H and O–H groups in total. The summed E-state index contributed by atoms with van der Waals surface area (Å²) >= 11 is 0. The molecule has 12 heavy (non-hydrogen) atoms. The Balaban J connectivity index is 2.51. The molecule has 1 aliphatic rings. The van der Waals surface area contributed by atoms with E-state index in [-0.39, 0.29) is 5.82 Å². The van der Waals surface area contributed by atoms with Crippen molar-refractivity contribution >= 4 is 5.69 Å². The quantitative estimate of drug-likeness (QED) is 0.688. The van der Waals surface area contributed by atoms with Gasteiger partial charge in [0.2, 0.25) is 0 Å². The van der Waals surface area contributed by atoms with E-state index in [9.17, 15) is 4.39 Å². The first kappa shape index (κ1) is 7.40. The van der Waals surface area contributed by atoms with E-state index in [0.29, 0.717) is 11.4 Å². The molecule has 3 heteroatoms. The Morgan fingerprint density at radius 1 is 1.50 bits per heavy atom. The van der Waals surface area contributed by atoms with Crippen LogP contribution in [0.25, 0.3) is 0 Å². The molecule has 1 aliphatic heterocycles. The lowest BCUT2D eigenvalue weighted by Crippen LogP contribution is -1.93. The van der Waals surface area contributed by atoms with Crippen LogP contribution >= 0.6 is 0 Å². The van der Waals surface area contributed by atoms with Gasteiger partial charge in [-0.25, -0.2) is 4.39 Å². The molecule has 1 aromatic carbocycles. The van der Waals surface area contributed by atoms with Gasteiger partial charge in [0, 0.05) is 12.6 Å². The van der Waals surface area contributed by atoms with Gasteiger partial charge in [-0.15, -0.1) is 0 Å². The maximum absolute atomic E-state index is 13.2. The standard InChI is InChI=1S/C9H10FNO/c1-12-7-4-6-2-3-11-9(6)8(10)5-7/h4-5,11H,2-3H2,1H3. The molecule has 0 atom stereocenters. The summed E-state index contributed by atoms with van der Waals surface area (Å²) in [5.74, 6) is 0.372. The predicted octanol–water partition coefficient (Wildman–Crippen LogP) is 1.80. The molecule has 0 unspecified atom stereocenters. The highest BCUT2D eigenvalue weighted by molar-refractivity contribution is 5.58. The van der Waals surface area contributed by atoms with Gasteiger partial charge in [0.1, 0.15) is 11.6 Å². The maximum atomic E-state index is 13.2. The minimum absolute atomic E-state index is 0.221. The normalized spacial score (nSPS) is 13.8. The summed E-state index contributed by atoms with van der Waals surface area (Å²) in [5, 5.41) is 2.99. The molecule has 0 bridgehead atoms. The van der Waals surface area contributed by atoms with E-state index >= 15 is 0 Å². The number of nitrogens with one attached hydrogen (secondary N) is 1. The molecule has 1 aromatic rings. The van der Waals surface area contributed by atoms with Crippen LogP contribution in [-0.2, 0) is 6.42 Å². The first-order chi connectivity index (χ1) is 5.81. The van der Waals surface area contributed by atoms with Crippen molar-refractivity contribution in [1.29, 1.82) is 0 Å². The Labute approximate surface area is 70.3 Å². The van der Waals surface area contributed by atoms with Crippen LogP contribution in [0, 0.1) is 5.82 Å². The molecular formula is C9H10FNO. The lowest BCUT2D eigenvalue weighted by Gasteiger charge is -2.04. The minimum Gasteiger partial charge on any atom is -0.497 e. The third-order valence-electron chi connectivity index (χ3n) is 2.08. The smallest absolute Gasteiger partial charge is 0.150 e. The molecule has 64 valence electrons. The lowest BCUT2D eigenvalue weighted by atomic mass is 10.1. The average molecular weight is 167 g/mol. The summed E-state index contributed by atoms with van der Waals surface area (Å²) < 4.78 is 18.1. The summed E-state index contributed by atoms with van der Waals surface area (Å²) in [6.07, 6.45) is 0.878. The summed E-state index contributed by atoms with van der Waals surface area (Å²) in [6, 6.07) is 3.27. The second-order valence-electron chi connectivity index (χ2n) is 2.82. The van der Waals surface area contributed by atoms with Gasteiger partial charge in [-0.1, -0.05) is 0 Å². The van der Waals surface area contributed by atoms with Crippen molar-refractivity contribution in [3.05, 3.63) is 23.5 Å². The second-order valence-corrected chi connectivity index (χ2v) is 2.82. The SMILES string of the molecule is COc1cc(F)c2c(c1)CCN2. The highest BCUT2D eigenvalue weighted by Crippen LogP contribution is 2.29. The van der Waals surface area contributed by atoms with Gasteiger partial charge < -0.3 is 10.1 Å². The van der Waals surface area contributed by atoms with Gasteiger partial charge in [-0.3, -0.25) is 0 Å². The summed E-state index contributed by atoms with van der Waals surface area (Å²) in [6.45, 7) is 0.819. The third-order valence-corrected chi connectivity index (χ3v) is 2.08. The zero-order valence-electron chi connectivity index (χ0n) is 6.86. The van der Waals surface area contributed by atoms with Crippen LogP contribution in [0.1, 0.15) is 5.56 Å². The van der Waals surface area contributed by atoms with Crippen LogP contribution in [-0.4, -0.2) is 13.7 Å². The summed E-state index contributed by atoms with van der Waals surface area (Å²) in [5.41, 5.74) is 1.64. The Morgan fingerprint density at radius 3 is 3.08 bits per heavy atom. The number of methoxy groups -OCH3 is 1. The number of anilines is 1. The van der Waals surface area contributed by atoms with Crippen molar-refractivity contribution < 1.29 is 9.13 Å². The molecular weight excluding hydrogens is 157 g/mol. The average Bonchev–Trinajstić information content (AvgIpc) is 2.52. The van der Waals surface area contributed by atoms with Crippen molar-refractivity contribution in [2.24, 2.45) is 0 Å². The molecule has 0 aliphatic carbocycles. The molecule has 0 aromatic heterocycles. The largest absolute Gasteiger partial charge is 0.497 e. The van der Waals surface area contributed by atoms with Gasteiger partial charge in [0.25, 0.3) is 0 Å². The number of hydrogen-bond acceptors (Lipinski definition) is 2. The Morgan fingerprint density at radius 2 is 2.33 bits per heavy atom. The highest BCUT2D eigenvalue weighted by Gasteiger charge is 2.15. The van der Waals surface area contributed by atoms with Gasteiger partial charge >= 0.3 is 0 Å². The maximum Gasteiger partial charge on any atom is 0.150 e. The number of fused-ring (bicyclic) bond motifs is 1. The molecule has 1 heterocycles. The molecule has 0 spiro atoms. The van der Waals surface area contributed by atoms with E-state index < -0.39 is 0 Å². The van der Waals surface area contributed by atoms with Gasteiger partial charge in [0.15, 0.2) is 0 Å². The predicted molar refractivity (Wildman–Crippen MR) is 45.1 cm³/mol. The minimum atomic E-state index is -0.221. The van der Waals surface area contributed by atoms with Crippen molar-refractivity contribution in [2.75, 3.05) is 19.0 Å². The molecule has 0 amide bonds. The van der Waals surface area contributed by atoms with Crippen molar-refractivity contribution in [3.8, 4) is 5.75 Å². The first-order valence-corrected chi connectivity index (χ1v) is 3.91. The van der Waals surface area contributed by atoms with E-state index in [1.807, 2.05) is 6.07 Å². The number of halogens is 1. The Hall–Kier alpha value is -1.25. The third kappa shape index (κ3) is 1.02. The zero-order valence-corrected chi connectivity index (χ0v) is 6.86. The topological polar surface area (TPSA) is 21.3 Å².